The average molecular weight is 615 g/mol. The lowest BCUT2D eigenvalue weighted by Crippen LogP contribution is -2.49. The fourth-order valence-corrected chi connectivity index (χ4v) is 8.40. The molecule has 0 aromatic heterocycles. The van der Waals surface area contributed by atoms with Crippen LogP contribution >= 0.6 is 11.6 Å². The summed E-state index contributed by atoms with van der Waals surface area (Å²) in [5.41, 5.74) is 3.24. The van der Waals surface area contributed by atoms with Gasteiger partial charge in [-0.05, 0) is 98.7 Å². The number of hydrogen-bond acceptors (Lipinski definition) is 7. The van der Waals surface area contributed by atoms with E-state index in [0.717, 1.165) is 42.8 Å². The molecule has 42 heavy (non-hydrogen) atoms. The van der Waals surface area contributed by atoms with Gasteiger partial charge >= 0.3 is 0 Å². The SMILES string of the molecule is CO[C@H]1/C=C\[C@H](O)[C@@H]2CC[C@H]2CN2C[C@@]3(CCCc4cc(Cl)ccc43)COc3ccc(cc32)C(=O)NS(=O)(=O)[C@H](C)C1. The number of ether oxygens (including phenoxy) is 2. The number of hydrogen-bond donors (Lipinski definition) is 2. The quantitative estimate of drug-likeness (QED) is 0.452. The second-order valence-electron chi connectivity index (χ2n) is 12.5. The lowest BCUT2D eigenvalue weighted by molar-refractivity contribution is 0.0444. The summed E-state index contributed by atoms with van der Waals surface area (Å²) >= 11 is 6.38. The number of aryl methyl sites for hydroxylation is 1. The van der Waals surface area contributed by atoms with Crippen LogP contribution in [-0.4, -0.2) is 63.7 Å². The summed E-state index contributed by atoms with van der Waals surface area (Å²) in [4.78, 5) is 15.6. The lowest BCUT2D eigenvalue weighted by atomic mass is 9.68. The largest absolute Gasteiger partial charge is 0.490 e. The van der Waals surface area contributed by atoms with E-state index in [2.05, 4.69) is 21.8 Å². The third-order valence-electron chi connectivity index (χ3n) is 9.82. The van der Waals surface area contributed by atoms with Crippen LogP contribution in [0.5, 0.6) is 5.75 Å². The van der Waals surface area contributed by atoms with E-state index in [4.69, 9.17) is 21.1 Å². The minimum absolute atomic E-state index is 0.0697. The van der Waals surface area contributed by atoms with E-state index in [1.807, 2.05) is 6.07 Å². The first kappa shape index (κ1) is 29.5. The third kappa shape index (κ3) is 5.56. The fourth-order valence-electron chi connectivity index (χ4n) is 7.19. The van der Waals surface area contributed by atoms with Gasteiger partial charge in [-0.25, -0.2) is 13.1 Å². The Bertz CT molecular complexity index is 1500. The molecule has 8 nitrogen and oxygen atoms in total. The number of halogens is 1. The standard InChI is InChI=1S/C32H39ClN2O6S/c1-20-14-25(40-2)8-11-29(36)26-9-5-23(26)17-35-18-32(13-3-4-21-15-24(33)7-10-27(21)32)19-41-30-12-6-22(16-28(30)35)31(37)34-42(20,38)39/h6-8,10-12,15-16,20,23,25-26,29,36H,3-5,9,13-14,17-19H2,1-2H3,(H,34,37)/b11-8-/t20-,23+,25+,26-,29+,32+/m1/s1. The normalized spacial score (nSPS) is 33.3. The molecule has 0 radical (unpaired) electrons. The summed E-state index contributed by atoms with van der Waals surface area (Å²) in [6.45, 7) is 3.40. The first-order valence-corrected chi connectivity index (χ1v) is 16.8. The van der Waals surface area contributed by atoms with Gasteiger partial charge in [-0.2, -0.15) is 0 Å². The Morgan fingerprint density at radius 2 is 2.00 bits per heavy atom. The second-order valence-corrected chi connectivity index (χ2v) is 15.0. The topological polar surface area (TPSA) is 105 Å². The molecule has 1 saturated carbocycles. The van der Waals surface area contributed by atoms with Crippen molar-refractivity contribution in [3.63, 3.8) is 0 Å². The predicted octanol–water partition coefficient (Wildman–Crippen LogP) is 4.62. The van der Waals surface area contributed by atoms with Gasteiger partial charge in [0.15, 0.2) is 0 Å². The minimum atomic E-state index is -3.98. The van der Waals surface area contributed by atoms with Crippen LogP contribution in [0.4, 0.5) is 5.69 Å². The summed E-state index contributed by atoms with van der Waals surface area (Å²) in [5.74, 6) is 0.308. The zero-order valence-electron chi connectivity index (χ0n) is 24.1. The smallest absolute Gasteiger partial charge is 0.264 e. The molecule has 4 aliphatic rings. The van der Waals surface area contributed by atoms with Gasteiger partial charge in [-0.1, -0.05) is 29.8 Å². The number of amides is 1. The van der Waals surface area contributed by atoms with Crippen LogP contribution in [0, 0.1) is 11.8 Å². The molecule has 2 aromatic rings. The van der Waals surface area contributed by atoms with Crippen molar-refractivity contribution in [3.8, 4) is 5.75 Å². The summed E-state index contributed by atoms with van der Waals surface area (Å²) in [7, 11) is -2.47. The molecule has 2 heterocycles. The van der Waals surface area contributed by atoms with E-state index >= 15 is 0 Å². The summed E-state index contributed by atoms with van der Waals surface area (Å²) in [5, 5.41) is 11.0. The number of sulfonamides is 1. The highest BCUT2D eigenvalue weighted by atomic mass is 35.5. The lowest BCUT2D eigenvalue weighted by Gasteiger charge is -2.45. The van der Waals surface area contributed by atoms with Crippen molar-refractivity contribution < 1.29 is 27.8 Å². The van der Waals surface area contributed by atoms with E-state index in [0.29, 0.717) is 25.4 Å². The van der Waals surface area contributed by atoms with Crippen LogP contribution in [0.15, 0.2) is 48.6 Å². The fraction of sp³-hybridized carbons (Fsp3) is 0.531. The van der Waals surface area contributed by atoms with E-state index in [1.54, 1.807) is 37.3 Å². The van der Waals surface area contributed by atoms with Gasteiger partial charge in [0.05, 0.1) is 29.8 Å². The molecule has 1 fully saturated rings. The van der Waals surface area contributed by atoms with Gasteiger partial charge < -0.3 is 19.5 Å². The maximum Gasteiger partial charge on any atom is 0.264 e. The number of carbonyl (C=O) groups excluding carboxylic acids is 1. The highest BCUT2D eigenvalue weighted by Crippen LogP contribution is 2.46. The highest BCUT2D eigenvalue weighted by molar-refractivity contribution is 7.90. The van der Waals surface area contributed by atoms with Crippen molar-refractivity contribution in [2.45, 2.75) is 68.3 Å². The molecule has 6 atom stereocenters. The Morgan fingerprint density at radius 3 is 2.76 bits per heavy atom. The number of aliphatic hydroxyl groups excluding tert-OH is 1. The Morgan fingerprint density at radius 1 is 1.17 bits per heavy atom. The molecule has 226 valence electrons. The van der Waals surface area contributed by atoms with Crippen LogP contribution in [0.25, 0.3) is 0 Å². The van der Waals surface area contributed by atoms with Crippen LogP contribution in [-0.2, 0) is 26.6 Å². The number of carbonyl (C=O) groups is 1. The zero-order chi connectivity index (χ0) is 29.6. The number of rotatable bonds is 1. The number of aliphatic hydroxyl groups is 1. The Labute approximate surface area is 253 Å². The van der Waals surface area contributed by atoms with Crippen molar-refractivity contribution >= 4 is 33.2 Å². The summed E-state index contributed by atoms with van der Waals surface area (Å²) in [6.07, 6.45) is 7.30. The number of anilines is 1. The molecular weight excluding hydrogens is 576 g/mol. The van der Waals surface area contributed by atoms with Gasteiger partial charge in [-0.3, -0.25) is 4.79 Å². The van der Waals surface area contributed by atoms with Crippen LogP contribution in [0.1, 0.15) is 60.5 Å². The Balaban J connectivity index is 1.42. The molecule has 1 spiro atoms. The molecule has 0 saturated heterocycles. The number of methoxy groups -OCH3 is 1. The van der Waals surface area contributed by atoms with E-state index in [1.165, 1.54) is 18.2 Å². The Kier molecular flexibility index (Phi) is 8.06. The van der Waals surface area contributed by atoms with E-state index < -0.39 is 33.4 Å². The van der Waals surface area contributed by atoms with E-state index in [9.17, 15) is 18.3 Å². The molecule has 2 bridgehead atoms. The molecule has 2 aliphatic carbocycles. The molecule has 0 unspecified atom stereocenters. The second kappa shape index (κ2) is 11.5. The minimum Gasteiger partial charge on any atom is -0.490 e. The maximum atomic E-state index is 13.3. The van der Waals surface area contributed by atoms with Gasteiger partial charge in [0, 0.05) is 36.2 Å². The maximum absolute atomic E-state index is 13.3. The Hall–Kier alpha value is -2.59. The first-order chi connectivity index (χ1) is 20.1. The summed E-state index contributed by atoms with van der Waals surface area (Å²) < 4.78 is 40.5. The number of benzene rings is 2. The number of nitrogens with one attached hydrogen (secondary N) is 1. The van der Waals surface area contributed by atoms with Crippen LogP contribution < -0.4 is 14.4 Å². The number of fused-ring (bicyclic) bond motifs is 4. The van der Waals surface area contributed by atoms with E-state index in [-0.39, 0.29) is 29.2 Å². The molecule has 10 heteroatoms. The highest BCUT2D eigenvalue weighted by Gasteiger charge is 2.44. The van der Waals surface area contributed by atoms with Gasteiger partial charge in [-0.15, -0.1) is 0 Å². The molecule has 6 rings (SSSR count). The van der Waals surface area contributed by atoms with Crippen LogP contribution in [0.3, 0.4) is 0 Å². The monoisotopic (exact) mass is 614 g/mol. The third-order valence-corrected chi connectivity index (χ3v) is 11.8. The molecule has 2 N–H and O–H groups in total. The van der Waals surface area contributed by atoms with Crippen molar-refractivity contribution in [1.29, 1.82) is 0 Å². The average Bonchev–Trinajstić information content (AvgIpc) is 3.09. The molecular formula is C32H39ClN2O6S. The molecule has 2 aromatic carbocycles. The van der Waals surface area contributed by atoms with Crippen molar-refractivity contribution in [2.75, 3.05) is 31.7 Å². The van der Waals surface area contributed by atoms with Gasteiger partial charge in [0.25, 0.3) is 5.91 Å². The summed E-state index contributed by atoms with van der Waals surface area (Å²) in [6, 6.07) is 11.3. The van der Waals surface area contributed by atoms with Crippen molar-refractivity contribution in [3.05, 3.63) is 70.3 Å². The van der Waals surface area contributed by atoms with Crippen molar-refractivity contribution in [2.24, 2.45) is 11.8 Å². The van der Waals surface area contributed by atoms with Crippen LogP contribution in [0.2, 0.25) is 5.02 Å². The first-order valence-electron chi connectivity index (χ1n) is 14.8. The van der Waals surface area contributed by atoms with Gasteiger partial charge in [0.2, 0.25) is 10.0 Å². The number of nitrogens with zero attached hydrogens (tertiary/aromatic N) is 1. The molecule has 2 aliphatic heterocycles. The molecule has 1 amide bonds. The zero-order valence-corrected chi connectivity index (χ0v) is 25.7. The van der Waals surface area contributed by atoms with Crippen molar-refractivity contribution in [1.82, 2.24) is 4.72 Å². The van der Waals surface area contributed by atoms with Gasteiger partial charge in [0.1, 0.15) is 5.75 Å². The predicted molar refractivity (Wildman–Crippen MR) is 163 cm³/mol.